The number of aromatic hydroxyl groups is 1. The van der Waals surface area contributed by atoms with Gasteiger partial charge in [0.05, 0.1) is 0 Å². The monoisotopic (exact) mass is 277 g/mol. The molecule has 2 aromatic carbocycles. The lowest BCUT2D eigenvalue weighted by Crippen LogP contribution is -1.83. The normalized spacial score (nSPS) is 10.8. The Balaban J connectivity index is 2.05. The summed E-state index contributed by atoms with van der Waals surface area (Å²) in [4.78, 5) is 3.38. The van der Waals surface area contributed by atoms with Crippen LogP contribution in [0, 0.1) is 6.92 Å². The van der Waals surface area contributed by atoms with Crippen LogP contribution in [0.25, 0.3) is 22.4 Å². The second-order valence-electron chi connectivity index (χ2n) is 5.29. The van der Waals surface area contributed by atoms with Crippen molar-refractivity contribution in [3.8, 4) is 28.1 Å². The van der Waals surface area contributed by atoms with Crippen molar-refractivity contribution < 1.29 is 5.11 Å². The number of nitrogens with one attached hydrogen (secondary N) is 1. The zero-order valence-corrected chi connectivity index (χ0v) is 12.4. The number of aromatic nitrogens is 1. The molecule has 0 bridgehead atoms. The van der Waals surface area contributed by atoms with Crippen molar-refractivity contribution in [2.45, 2.75) is 20.3 Å². The van der Waals surface area contributed by atoms with Crippen molar-refractivity contribution in [1.29, 1.82) is 0 Å². The van der Waals surface area contributed by atoms with Crippen LogP contribution >= 0.6 is 0 Å². The minimum absolute atomic E-state index is 0.329. The smallest absolute Gasteiger partial charge is 0.125 e. The third kappa shape index (κ3) is 2.57. The summed E-state index contributed by atoms with van der Waals surface area (Å²) in [5.41, 5.74) is 6.40. The lowest BCUT2D eigenvalue weighted by Gasteiger charge is -2.04. The zero-order valence-electron chi connectivity index (χ0n) is 12.4. The van der Waals surface area contributed by atoms with Gasteiger partial charge in [0.1, 0.15) is 5.75 Å². The van der Waals surface area contributed by atoms with Crippen LogP contribution in [0.4, 0.5) is 0 Å². The molecule has 0 spiro atoms. The molecule has 0 saturated carbocycles. The van der Waals surface area contributed by atoms with Crippen LogP contribution in [-0.4, -0.2) is 10.1 Å². The Bertz CT molecular complexity index is 756. The highest BCUT2D eigenvalue weighted by molar-refractivity contribution is 5.76. The first-order chi connectivity index (χ1) is 10.2. The number of aromatic amines is 1. The molecule has 0 aliphatic heterocycles. The highest BCUT2D eigenvalue weighted by atomic mass is 16.3. The number of benzene rings is 2. The number of hydrogen-bond acceptors (Lipinski definition) is 1. The van der Waals surface area contributed by atoms with E-state index in [1.165, 1.54) is 11.1 Å². The maximum Gasteiger partial charge on any atom is 0.125 e. The van der Waals surface area contributed by atoms with Crippen molar-refractivity contribution in [2.24, 2.45) is 0 Å². The zero-order chi connectivity index (χ0) is 14.8. The molecule has 106 valence electrons. The van der Waals surface area contributed by atoms with E-state index in [-0.39, 0.29) is 0 Å². The van der Waals surface area contributed by atoms with Crippen LogP contribution in [0.3, 0.4) is 0 Å². The van der Waals surface area contributed by atoms with E-state index in [1.54, 1.807) is 0 Å². The predicted molar refractivity (Wildman–Crippen MR) is 87.4 cm³/mol. The van der Waals surface area contributed by atoms with Gasteiger partial charge in [0, 0.05) is 22.5 Å². The standard InChI is InChI=1S/C19H19NO/c1-3-14-9-10-16(19(21)11-14)18-12-17(13(2)20-18)15-7-5-4-6-8-15/h4-12,20-21H,3H2,1-2H3. The van der Waals surface area contributed by atoms with Crippen LogP contribution in [0.2, 0.25) is 0 Å². The molecule has 0 unspecified atom stereocenters. The summed E-state index contributed by atoms with van der Waals surface area (Å²) in [6.07, 6.45) is 0.923. The Kier molecular flexibility index (Phi) is 3.53. The molecule has 1 aromatic heterocycles. The average molecular weight is 277 g/mol. The van der Waals surface area contributed by atoms with Gasteiger partial charge in [0.25, 0.3) is 0 Å². The Morgan fingerprint density at radius 2 is 1.71 bits per heavy atom. The minimum atomic E-state index is 0.329. The highest BCUT2D eigenvalue weighted by Gasteiger charge is 2.11. The quantitative estimate of drug-likeness (QED) is 0.700. The molecule has 0 fully saturated rings. The number of H-pyrrole nitrogens is 1. The molecule has 0 amide bonds. The van der Waals surface area contributed by atoms with Crippen LogP contribution in [0.1, 0.15) is 18.2 Å². The molecule has 3 rings (SSSR count). The first-order valence-corrected chi connectivity index (χ1v) is 7.26. The molecule has 1 heterocycles. The van der Waals surface area contributed by atoms with Gasteiger partial charge in [0.2, 0.25) is 0 Å². The van der Waals surface area contributed by atoms with Gasteiger partial charge in [0.15, 0.2) is 0 Å². The molecule has 0 aliphatic carbocycles. The number of phenolic OH excluding ortho intramolecular Hbond substituents is 1. The largest absolute Gasteiger partial charge is 0.507 e. The van der Waals surface area contributed by atoms with E-state index in [9.17, 15) is 5.11 Å². The maximum atomic E-state index is 10.2. The van der Waals surface area contributed by atoms with Crippen molar-refractivity contribution in [2.75, 3.05) is 0 Å². The fraction of sp³-hybridized carbons (Fsp3) is 0.158. The van der Waals surface area contributed by atoms with Crippen LogP contribution < -0.4 is 0 Å². The summed E-state index contributed by atoms with van der Waals surface area (Å²) in [6.45, 7) is 4.14. The van der Waals surface area contributed by atoms with Crippen LogP contribution in [0.5, 0.6) is 5.75 Å². The molecule has 0 saturated heterocycles. The summed E-state index contributed by atoms with van der Waals surface area (Å²) in [5, 5.41) is 10.2. The molecule has 0 aliphatic rings. The van der Waals surface area contributed by atoms with Gasteiger partial charge >= 0.3 is 0 Å². The summed E-state index contributed by atoms with van der Waals surface area (Å²) in [7, 11) is 0. The van der Waals surface area contributed by atoms with E-state index >= 15 is 0 Å². The van der Waals surface area contributed by atoms with E-state index < -0.39 is 0 Å². The number of hydrogen-bond donors (Lipinski definition) is 2. The fourth-order valence-corrected chi connectivity index (χ4v) is 2.65. The summed E-state index contributed by atoms with van der Waals surface area (Å²) >= 11 is 0. The van der Waals surface area contributed by atoms with Crippen molar-refractivity contribution in [3.63, 3.8) is 0 Å². The molecule has 2 N–H and O–H groups in total. The molecule has 0 radical (unpaired) electrons. The summed E-state index contributed by atoms with van der Waals surface area (Å²) in [5.74, 6) is 0.329. The third-order valence-corrected chi connectivity index (χ3v) is 3.86. The van der Waals surface area contributed by atoms with Gasteiger partial charge in [-0.1, -0.05) is 43.3 Å². The van der Waals surface area contributed by atoms with E-state index in [2.05, 4.69) is 43.1 Å². The van der Waals surface area contributed by atoms with Crippen molar-refractivity contribution in [3.05, 3.63) is 65.9 Å². The molecular weight excluding hydrogens is 258 g/mol. The third-order valence-electron chi connectivity index (χ3n) is 3.86. The number of phenols is 1. The minimum Gasteiger partial charge on any atom is -0.507 e. The van der Waals surface area contributed by atoms with E-state index in [0.29, 0.717) is 5.75 Å². The molecule has 3 aromatic rings. The summed E-state index contributed by atoms with van der Waals surface area (Å²) < 4.78 is 0. The Hall–Kier alpha value is -2.48. The Morgan fingerprint density at radius 1 is 0.952 bits per heavy atom. The second kappa shape index (κ2) is 5.49. The van der Waals surface area contributed by atoms with Crippen molar-refractivity contribution >= 4 is 0 Å². The molecule has 0 atom stereocenters. The Labute approximate surface area is 125 Å². The SMILES string of the molecule is CCc1ccc(-c2cc(-c3ccccc3)c(C)[nH]2)c(O)c1. The van der Waals surface area contributed by atoms with Gasteiger partial charge in [-0.05, 0) is 42.7 Å². The predicted octanol–water partition coefficient (Wildman–Crippen LogP) is 4.93. The second-order valence-corrected chi connectivity index (χ2v) is 5.29. The van der Waals surface area contributed by atoms with Gasteiger partial charge < -0.3 is 10.1 Å². The first-order valence-electron chi connectivity index (χ1n) is 7.26. The highest BCUT2D eigenvalue weighted by Crippen LogP contribution is 2.34. The molecular formula is C19H19NO. The lowest BCUT2D eigenvalue weighted by molar-refractivity contribution is 0.476. The first kappa shape index (κ1) is 13.5. The number of rotatable bonds is 3. The lowest BCUT2D eigenvalue weighted by atomic mass is 10.0. The number of aryl methyl sites for hydroxylation is 2. The average Bonchev–Trinajstić information content (AvgIpc) is 2.89. The van der Waals surface area contributed by atoms with E-state index in [4.69, 9.17) is 0 Å². The molecule has 21 heavy (non-hydrogen) atoms. The van der Waals surface area contributed by atoms with Crippen LogP contribution in [0.15, 0.2) is 54.6 Å². The van der Waals surface area contributed by atoms with Gasteiger partial charge in [-0.3, -0.25) is 0 Å². The van der Waals surface area contributed by atoms with Gasteiger partial charge in [-0.15, -0.1) is 0 Å². The van der Waals surface area contributed by atoms with Crippen LogP contribution in [-0.2, 0) is 6.42 Å². The van der Waals surface area contributed by atoms with E-state index in [1.807, 2.05) is 30.3 Å². The maximum absolute atomic E-state index is 10.2. The van der Waals surface area contributed by atoms with E-state index in [0.717, 1.165) is 28.9 Å². The topological polar surface area (TPSA) is 36.0 Å². The van der Waals surface area contributed by atoms with Gasteiger partial charge in [-0.25, -0.2) is 0 Å². The molecule has 2 nitrogen and oxygen atoms in total. The molecule has 2 heteroatoms. The summed E-state index contributed by atoms with van der Waals surface area (Å²) in [6, 6.07) is 18.3. The fourth-order valence-electron chi connectivity index (χ4n) is 2.65. The Morgan fingerprint density at radius 3 is 2.38 bits per heavy atom. The van der Waals surface area contributed by atoms with Crippen molar-refractivity contribution in [1.82, 2.24) is 4.98 Å². The van der Waals surface area contributed by atoms with Gasteiger partial charge in [-0.2, -0.15) is 0 Å².